The van der Waals surface area contributed by atoms with Crippen molar-refractivity contribution in [2.24, 2.45) is 0 Å². The Bertz CT molecular complexity index is 1570. The van der Waals surface area contributed by atoms with Gasteiger partial charge in [0.05, 0.1) is 29.2 Å². The predicted octanol–water partition coefficient (Wildman–Crippen LogP) is 5.61. The van der Waals surface area contributed by atoms with Crippen LogP contribution in [0, 0.1) is 6.92 Å². The van der Waals surface area contributed by atoms with E-state index in [0.29, 0.717) is 16.5 Å². The molecule has 1 amide bonds. The highest BCUT2D eigenvalue weighted by molar-refractivity contribution is 7.92. The Morgan fingerprint density at radius 1 is 0.923 bits per heavy atom. The molecular formula is C30H27ClN2O5S. The van der Waals surface area contributed by atoms with Crippen LogP contribution in [-0.2, 0) is 16.6 Å². The van der Waals surface area contributed by atoms with Crippen molar-refractivity contribution in [2.45, 2.75) is 24.5 Å². The molecule has 0 unspecified atom stereocenters. The van der Waals surface area contributed by atoms with Crippen LogP contribution in [0.15, 0.2) is 102 Å². The van der Waals surface area contributed by atoms with E-state index in [4.69, 9.17) is 21.1 Å². The van der Waals surface area contributed by atoms with Gasteiger partial charge in [0.1, 0.15) is 12.7 Å². The summed E-state index contributed by atoms with van der Waals surface area (Å²) in [4.78, 5) is 13.5. The second kappa shape index (κ2) is 11.4. The van der Waals surface area contributed by atoms with Gasteiger partial charge in [-0.1, -0.05) is 65.7 Å². The fraction of sp³-hybridized carbons (Fsp3) is 0.167. The summed E-state index contributed by atoms with van der Waals surface area (Å²) in [6.45, 7) is 2.36. The van der Waals surface area contributed by atoms with Gasteiger partial charge in [-0.3, -0.25) is 9.10 Å². The first kappa shape index (κ1) is 26.6. The number of aryl methyl sites for hydroxylation is 1. The number of fused-ring (bicyclic) bond motifs is 1. The van der Waals surface area contributed by atoms with E-state index in [0.717, 1.165) is 11.1 Å². The monoisotopic (exact) mass is 562 g/mol. The molecule has 1 aliphatic heterocycles. The number of carbonyl (C=O) groups is 1. The fourth-order valence-corrected chi connectivity index (χ4v) is 5.84. The zero-order valence-electron chi connectivity index (χ0n) is 21.2. The number of hydrogen-bond acceptors (Lipinski definition) is 5. The molecule has 0 radical (unpaired) electrons. The molecule has 5 rings (SSSR count). The van der Waals surface area contributed by atoms with E-state index in [2.05, 4.69) is 5.32 Å². The summed E-state index contributed by atoms with van der Waals surface area (Å²) >= 11 is 6.06. The van der Waals surface area contributed by atoms with Crippen molar-refractivity contribution < 1.29 is 22.7 Å². The van der Waals surface area contributed by atoms with Crippen LogP contribution in [0.25, 0.3) is 0 Å². The van der Waals surface area contributed by atoms with Gasteiger partial charge in [-0.2, -0.15) is 0 Å². The molecule has 4 aromatic rings. The molecule has 4 aromatic carbocycles. The quantitative estimate of drug-likeness (QED) is 0.301. The Morgan fingerprint density at radius 3 is 2.33 bits per heavy atom. The van der Waals surface area contributed by atoms with Crippen molar-refractivity contribution in [3.05, 3.63) is 119 Å². The van der Waals surface area contributed by atoms with Gasteiger partial charge in [-0.15, -0.1) is 0 Å². The number of rotatable bonds is 8. The zero-order chi connectivity index (χ0) is 27.4. The smallest absolute Gasteiger partial charge is 0.264 e. The van der Waals surface area contributed by atoms with Gasteiger partial charge in [-0.25, -0.2) is 8.42 Å². The lowest BCUT2D eigenvalue weighted by atomic mass is 10.1. The van der Waals surface area contributed by atoms with Gasteiger partial charge in [0.15, 0.2) is 11.5 Å². The van der Waals surface area contributed by atoms with E-state index in [1.54, 1.807) is 72.8 Å². The topological polar surface area (TPSA) is 84.9 Å². The highest BCUT2D eigenvalue weighted by Gasteiger charge is 2.29. The second-order valence-electron chi connectivity index (χ2n) is 9.18. The number of hydrogen-bond donors (Lipinski definition) is 1. The first-order valence-corrected chi connectivity index (χ1v) is 14.2. The summed E-state index contributed by atoms with van der Waals surface area (Å²) in [6, 6.07) is 27.6. The first-order valence-electron chi connectivity index (χ1n) is 12.4. The molecule has 0 aliphatic carbocycles. The van der Waals surface area contributed by atoms with Crippen LogP contribution in [-0.4, -0.2) is 33.6 Å². The lowest BCUT2D eigenvalue weighted by Gasteiger charge is -2.28. The van der Waals surface area contributed by atoms with Crippen LogP contribution in [0.1, 0.15) is 21.5 Å². The molecule has 0 spiro atoms. The van der Waals surface area contributed by atoms with Crippen molar-refractivity contribution in [2.75, 3.05) is 17.5 Å². The van der Waals surface area contributed by atoms with Crippen molar-refractivity contribution in [3.8, 4) is 11.5 Å². The van der Waals surface area contributed by atoms with Crippen LogP contribution in [0.2, 0.25) is 5.02 Å². The Hall–Kier alpha value is -4.01. The molecule has 1 aliphatic rings. The van der Waals surface area contributed by atoms with E-state index in [-0.39, 0.29) is 35.8 Å². The second-order valence-corrected chi connectivity index (χ2v) is 11.5. The summed E-state index contributed by atoms with van der Waals surface area (Å²) in [7, 11) is -4.03. The molecular weight excluding hydrogens is 536 g/mol. The largest absolute Gasteiger partial charge is 0.486 e. The van der Waals surface area contributed by atoms with Gasteiger partial charge >= 0.3 is 0 Å². The number of anilines is 1. The summed E-state index contributed by atoms with van der Waals surface area (Å²) in [5.41, 5.74) is 2.14. The molecule has 9 heteroatoms. The van der Waals surface area contributed by atoms with Gasteiger partial charge < -0.3 is 14.8 Å². The minimum Gasteiger partial charge on any atom is -0.486 e. The maximum Gasteiger partial charge on any atom is 0.264 e. The molecule has 7 nitrogen and oxygen atoms in total. The zero-order valence-corrected chi connectivity index (χ0v) is 22.8. The van der Waals surface area contributed by atoms with Crippen LogP contribution in [0.4, 0.5) is 5.69 Å². The minimum atomic E-state index is -4.03. The maximum atomic E-state index is 13.9. The highest BCUT2D eigenvalue weighted by Crippen LogP contribution is 2.32. The molecule has 200 valence electrons. The first-order chi connectivity index (χ1) is 18.8. The molecule has 0 fully saturated rings. The SMILES string of the molecule is Cc1ccc(S(=O)(=O)N(Cc2ccc(Cl)cc2)c2ccccc2C(=O)NC[C@H]2COc3ccccc3O2)cc1. The molecule has 0 bridgehead atoms. The Kier molecular flexibility index (Phi) is 7.77. The van der Waals surface area contributed by atoms with E-state index in [1.165, 1.54) is 4.31 Å². The molecule has 1 heterocycles. The van der Waals surface area contributed by atoms with Crippen molar-refractivity contribution in [1.29, 1.82) is 0 Å². The van der Waals surface area contributed by atoms with Crippen molar-refractivity contribution >= 4 is 33.2 Å². The summed E-state index contributed by atoms with van der Waals surface area (Å²) < 4.78 is 40.8. The number of ether oxygens (including phenoxy) is 2. The molecule has 0 aromatic heterocycles. The van der Waals surface area contributed by atoms with Crippen LogP contribution >= 0.6 is 11.6 Å². The third-order valence-electron chi connectivity index (χ3n) is 6.32. The predicted molar refractivity (Wildman–Crippen MR) is 151 cm³/mol. The van der Waals surface area contributed by atoms with Gasteiger partial charge in [0.2, 0.25) is 0 Å². The Balaban J connectivity index is 1.43. The van der Waals surface area contributed by atoms with Crippen LogP contribution in [0.3, 0.4) is 0 Å². The molecule has 39 heavy (non-hydrogen) atoms. The lowest BCUT2D eigenvalue weighted by Crippen LogP contribution is -2.41. The lowest BCUT2D eigenvalue weighted by molar-refractivity contribution is 0.0789. The maximum absolute atomic E-state index is 13.9. The van der Waals surface area contributed by atoms with Gasteiger partial charge in [0.25, 0.3) is 15.9 Å². The molecule has 1 N–H and O–H groups in total. The summed E-state index contributed by atoms with van der Waals surface area (Å²) in [5.74, 6) is 0.847. The van der Waals surface area contributed by atoms with E-state index < -0.39 is 22.0 Å². The summed E-state index contributed by atoms with van der Waals surface area (Å²) in [5, 5.41) is 3.43. The van der Waals surface area contributed by atoms with Crippen LogP contribution in [0.5, 0.6) is 11.5 Å². The number of carbonyl (C=O) groups excluding carboxylic acids is 1. The fourth-order valence-electron chi connectivity index (χ4n) is 4.24. The number of nitrogens with one attached hydrogen (secondary N) is 1. The van der Waals surface area contributed by atoms with Gasteiger partial charge in [0, 0.05) is 5.02 Å². The molecule has 0 saturated heterocycles. The number of amides is 1. The van der Waals surface area contributed by atoms with Crippen molar-refractivity contribution in [3.63, 3.8) is 0 Å². The Morgan fingerprint density at radius 2 is 1.59 bits per heavy atom. The Labute approximate surface area is 233 Å². The van der Waals surface area contributed by atoms with Gasteiger partial charge in [-0.05, 0) is 61.0 Å². The van der Waals surface area contributed by atoms with E-state index >= 15 is 0 Å². The molecule has 1 atom stereocenters. The number of halogens is 1. The average Bonchev–Trinajstić information content (AvgIpc) is 2.95. The highest BCUT2D eigenvalue weighted by atomic mass is 35.5. The van der Waals surface area contributed by atoms with Crippen LogP contribution < -0.4 is 19.1 Å². The molecule has 0 saturated carbocycles. The summed E-state index contributed by atoms with van der Waals surface area (Å²) in [6.07, 6.45) is -0.391. The average molecular weight is 563 g/mol. The van der Waals surface area contributed by atoms with Crippen molar-refractivity contribution in [1.82, 2.24) is 5.32 Å². The third-order valence-corrected chi connectivity index (χ3v) is 8.35. The number of benzene rings is 4. The van der Waals surface area contributed by atoms with E-state index in [9.17, 15) is 13.2 Å². The third kappa shape index (κ3) is 6.02. The van der Waals surface area contributed by atoms with E-state index in [1.807, 2.05) is 31.2 Å². The minimum absolute atomic E-state index is 0.00797. The number of sulfonamides is 1. The number of nitrogens with zero attached hydrogens (tertiary/aromatic N) is 1. The normalized spacial score (nSPS) is 14.5. The standard InChI is InChI=1S/C30H27ClN2O5S/c1-21-10-16-25(17-11-21)39(35,36)33(19-22-12-14-23(31)15-13-22)27-7-3-2-6-26(27)30(34)32-18-24-20-37-28-8-4-5-9-29(28)38-24/h2-17,24H,18-20H2,1H3,(H,32,34)/t24-/m0/s1. The number of para-hydroxylation sites is 3.